The Morgan fingerprint density at radius 3 is 1.00 bits per heavy atom. The molecule has 0 saturated heterocycles. The standard InChI is InChI=1S/C10H12F10O/c1-3-5(7(11,12)9(15,16)17)21-6(4-2)8(13,14)10(18,19)20/h5-6H,3-4H2,1-2H3. The third-order valence-corrected chi connectivity index (χ3v) is 2.63. The zero-order valence-electron chi connectivity index (χ0n) is 10.8. The lowest BCUT2D eigenvalue weighted by Crippen LogP contribution is -2.54. The zero-order chi connectivity index (χ0) is 17.3. The van der Waals surface area contributed by atoms with Crippen LogP contribution in [0.2, 0.25) is 0 Å². The summed E-state index contributed by atoms with van der Waals surface area (Å²) in [5.41, 5.74) is 0. The minimum atomic E-state index is -6.13. The van der Waals surface area contributed by atoms with E-state index in [2.05, 4.69) is 4.74 Å². The Morgan fingerprint density at radius 1 is 0.619 bits per heavy atom. The largest absolute Gasteiger partial charge is 0.456 e. The van der Waals surface area contributed by atoms with E-state index in [1.165, 1.54) is 0 Å². The summed E-state index contributed by atoms with van der Waals surface area (Å²) >= 11 is 0. The molecule has 11 heteroatoms. The molecule has 0 aromatic heterocycles. The molecular formula is C10H12F10O. The summed E-state index contributed by atoms with van der Waals surface area (Å²) in [5, 5.41) is 0. The summed E-state index contributed by atoms with van der Waals surface area (Å²) < 4.78 is 128. The molecule has 0 aliphatic heterocycles. The number of rotatable bonds is 6. The second-order valence-corrected chi connectivity index (χ2v) is 4.17. The highest BCUT2D eigenvalue weighted by Gasteiger charge is 2.67. The van der Waals surface area contributed by atoms with Crippen LogP contribution in [-0.4, -0.2) is 36.4 Å². The fraction of sp³-hybridized carbons (Fsp3) is 1.00. The maximum Gasteiger partial charge on any atom is 0.456 e. The van der Waals surface area contributed by atoms with E-state index in [4.69, 9.17) is 0 Å². The molecule has 0 aromatic carbocycles. The molecule has 0 heterocycles. The van der Waals surface area contributed by atoms with Gasteiger partial charge < -0.3 is 4.74 Å². The van der Waals surface area contributed by atoms with E-state index in [0.29, 0.717) is 0 Å². The highest BCUT2D eigenvalue weighted by Crippen LogP contribution is 2.45. The molecule has 0 amide bonds. The molecule has 0 aliphatic rings. The quantitative estimate of drug-likeness (QED) is 0.622. The van der Waals surface area contributed by atoms with Gasteiger partial charge in [0.1, 0.15) is 12.2 Å². The fourth-order valence-electron chi connectivity index (χ4n) is 1.44. The van der Waals surface area contributed by atoms with Crippen LogP contribution in [0.5, 0.6) is 0 Å². The molecule has 0 fully saturated rings. The molecule has 0 aliphatic carbocycles. The van der Waals surface area contributed by atoms with Gasteiger partial charge in [0.05, 0.1) is 0 Å². The molecule has 0 spiro atoms. The molecule has 2 atom stereocenters. The third-order valence-electron chi connectivity index (χ3n) is 2.63. The van der Waals surface area contributed by atoms with Gasteiger partial charge in [-0.25, -0.2) is 0 Å². The van der Waals surface area contributed by atoms with Gasteiger partial charge in [0.15, 0.2) is 0 Å². The molecule has 1 nitrogen and oxygen atoms in total. The first-order chi connectivity index (χ1) is 9.12. The second kappa shape index (κ2) is 6.17. The van der Waals surface area contributed by atoms with Crippen molar-refractivity contribution in [3.05, 3.63) is 0 Å². The summed E-state index contributed by atoms with van der Waals surface area (Å²) in [4.78, 5) is 0. The molecule has 0 N–H and O–H groups in total. The molecular weight excluding hydrogens is 326 g/mol. The van der Waals surface area contributed by atoms with Gasteiger partial charge in [-0.3, -0.25) is 0 Å². The molecule has 0 saturated carbocycles. The highest BCUT2D eigenvalue weighted by atomic mass is 19.4. The van der Waals surface area contributed by atoms with Crippen LogP contribution >= 0.6 is 0 Å². The minimum Gasteiger partial charge on any atom is -0.362 e. The van der Waals surface area contributed by atoms with Gasteiger partial charge in [0.25, 0.3) is 0 Å². The minimum absolute atomic E-state index is 0.753. The Bertz CT molecular complexity index is 300. The van der Waals surface area contributed by atoms with Gasteiger partial charge in [-0.05, 0) is 12.8 Å². The van der Waals surface area contributed by atoms with Crippen LogP contribution in [0.3, 0.4) is 0 Å². The van der Waals surface area contributed by atoms with Gasteiger partial charge in [0, 0.05) is 0 Å². The maximum absolute atomic E-state index is 13.0. The zero-order valence-corrected chi connectivity index (χ0v) is 10.8. The van der Waals surface area contributed by atoms with E-state index in [9.17, 15) is 43.9 Å². The number of alkyl halides is 10. The third kappa shape index (κ3) is 4.13. The Morgan fingerprint density at radius 2 is 0.857 bits per heavy atom. The van der Waals surface area contributed by atoms with Crippen molar-refractivity contribution in [1.29, 1.82) is 0 Å². The van der Waals surface area contributed by atoms with E-state index in [0.717, 1.165) is 13.8 Å². The van der Waals surface area contributed by atoms with Crippen molar-refractivity contribution in [1.82, 2.24) is 0 Å². The Hall–Kier alpha value is -0.740. The van der Waals surface area contributed by atoms with Crippen molar-refractivity contribution in [2.24, 2.45) is 0 Å². The fourth-order valence-corrected chi connectivity index (χ4v) is 1.44. The lowest BCUT2D eigenvalue weighted by molar-refractivity contribution is -0.357. The van der Waals surface area contributed by atoms with E-state index < -0.39 is 49.2 Å². The first-order valence-corrected chi connectivity index (χ1v) is 5.67. The van der Waals surface area contributed by atoms with Crippen molar-refractivity contribution < 1.29 is 48.6 Å². The first-order valence-electron chi connectivity index (χ1n) is 5.67. The number of halogens is 10. The van der Waals surface area contributed by atoms with Crippen LogP contribution in [0, 0.1) is 0 Å². The molecule has 0 radical (unpaired) electrons. The summed E-state index contributed by atoms with van der Waals surface area (Å²) in [6.45, 7) is 1.51. The highest BCUT2D eigenvalue weighted by molar-refractivity contribution is 4.90. The molecule has 2 unspecified atom stereocenters. The second-order valence-electron chi connectivity index (χ2n) is 4.17. The number of hydrogen-bond acceptors (Lipinski definition) is 1. The van der Waals surface area contributed by atoms with Crippen LogP contribution in [0.4, 0.5) is 43.9 Å². The number of ether oxygens (including phenoxy) is 1. The molecule has 0 bridgehead atoms. The van der Waals surface area contributed by atoms with Crippen molar-refractivity contribution in [2.75, 3.05) is 0 Å². The Labute approximate surface area is 113 Å². The molecule has 128 valence electrons. The van der Waals surface area contributed by atoms with Crippen molar-refractivity contribution in [3.8, 4) is 0 Å². The van der Waals surface area contributed by atoms with Crippen LogP contribution in [0.1, 0.15) is 26.7 Å². The van der Waals surface area contributed by atoms with Gasteiger partial charge in [-0.1, -0.05) is 13.8 Å². The van der Waals surface area contributed by atoms with E-state index in [1.54, 1.807) is 0 Å². The van der Waals surface area contributed by atoms with Crippen molar-refractivity contribution in [2.45, 2.75) is 63.1 Å². The average Bonchev–Trinajstić information content (AvgIpc) is 2.26. The smallest absolute Gasteiger partial charge is 0.362 e. The number of hydrogen-bond donors (Lipinski definition) is 0. The van der Waals surface area contributed by atoms with Gasteiger partial charge >= 0.3 is 24.2 Å². The van der Waals surface area contributed by atoms with E-state index >= 15 is 0 Å². The SMILES string of the molecule is CCC(OC(CC)C(F)(F)C(F)(F)F)C(F)(F)C(F)(F)F. The van der Waals surface area contributed by atoms with E-state index in [-0.39, 0.29) is 0 Å². The molecule has 21 heavy (non-hydrogen) atoms. The summed E-state index contributed by atoms with van der Waals surface area (Å²) in [5.74, 6) is -11.1. The van der Waals surface area contributed by atoms with Gasteiger partial charge in [-0.2, -0.15) is 43.9 Å². The van der Waals surface area contributed by atoms with Gasteiger partial charge in [0.2, 0.25) is 0 Å². The summed E-state index contributed by atoms with van der Waals surface area (Å²) in [6.07, 6.45) is -20.7. The molecule has 0 aromatic rings. The predicted molar refractivity (Wildman–Crippen MR) is 51.2 cm³/mol. The first kappa shape index (κ1) is 20.3. The normalized spacial score (nSPS) is 17.7. The molecule has 0 rings (SSSR count). The topological polar surface area (TPSA) is 9.23 Å². The summed E-state index contributed by atoms with van der Waals surface area (Å²) in [7, 11) is 0. The van der Waals surface area contributed by atoms with Crippen LogP contribution in [0.15, 0.2) is 0 Å². The van der Waals surface area contributed by atoms with Crippen LogP contribution in [0.25, 0.3) is 0 Å². The monoisotopic (exact) mass is 338 g/mol. The predicted octanol–water partition coefficient (Wildman–Crippen LogP) is 4.96. The van der Waals surface area contributed by atoms with Crippen LogP contribution in [-0.2, 0) is 4.74 Å². The average molecular weight is 338 g/mol. The van der Waals surface area contributed by atoms with Gasteiger partial charge in [-0.15, -0.1) is 0 Å². The summed E-state index contributed by atoms with van der Waals surface area (Å²) in [6, 6.07) is 0. The van der Waals surface area contributed by atoms with Crippen molar-refractivity contribution in [3.63, 3.8) is 0 Å². The maximum atomic E-state index is 13.0. The Balaban J connectivity index is 5.38. The lowest BCUT2D eigenvalue weighted by atomic mass is 10.1. The lowest BCUT2D eigenvalue weighted by Gasteiger charge is -2.34. The van der Waals surface area contributed by atoms with E-state index in [1.807, 2.05) is 0 Å². The van der Waals surface area contributed by atoms with Crippen molar-refractivity contribution >= 4 is 0 Å². The van der Waals surface area contributed by atoms with Crippen LogP contribution < -0.4 is 0 Å². The Kier molecular flexibility index (Phi) is 5.95.